The molecule has 1 aliphatic heterocycles. The van der Waals surface area contributed by atoms with Crippen LogP contribution in [-0.2, 0) is 9.53 Å². The summed E-state index contributed by atoms with van der Waals surface area (Å²) in [5, 5.41) is 11.5. The molecule has 0 aromatic heterocycles. The van der Waals surface area contributed by atoms with Crippen LogP contribution >= 0.6 is 0 Å². The summed E-state index contributed by atoms with van der Waals surface area (Å²) in [4.78, 5) is 24.6. The highest BCUT2D eigenvalue weighted by atomic mass is 16.5. The fourth-order valence-electron chi connectivity index (χ4n) is 3.22. The van der Waals surface area contributed by atoms with Crippen molar-refractivity contribution in [3.05, 3.63) is 0 Å². The van der Waals surface area contributed by atoms with E-state index in [0.717, 1.165) is 25.7 Å². The highest BCUT2D eigenvalue weighted by Crippen LogP contribution is 2.28. The molecule has 2 N–H and O–H groups in total. The van der Waals surface area contributed by atoms with Crippen molar-refractivity contribution < 1.29 is 19.4 Å². The number of amides is 2. The Kier molecular flexibility index (Phi) is 6.29. The zero-order chi connectivity index (χ0) is 15.1. The van der Waals surface area contributed by atoms with Gasteiger partial charge in [-0.05, 0) is 25.7 Å². The molecule has 2 atom stereocenters. The van der Waals surface area contributed by atoms with Gasteiger partial charge in [-0.3, -0.25) is 4.79 Å². The lowest BCUT2D eigenvalue weighted by Crippen LogP contribution is -2.57. The summed E-state index contributed by atoms with van der Waals surface area (Å²) in [5.41, 5.74) is 0. The number of urea groups is 1. The second kappa shape index (κ2) is 8.22. The first-order valence-electron chi connectivity index (χ1n) is 8.06. The molecule has 1 heterocycles. The van der Waals surface area contributed by atoms with Crippen LogP contribution in [0.5, 0.6) is 0 Å². The summed E-state index contributed by atoms with van der Waals surface area (Å²) in [6, 6.07) is 0.243. The number of nitrogens with one attached hydrogen (secondary N) is 1. The number of ether oxygens (including phenoxy) is 1. The van der Waals surface area contributed by atoms with Crippen molar-refractivity contribution in [2.45, 2.75) is 63.5 Å². The van der Waals surface area contributed by atoms with Gasteiger partial charge in [0.05, 0.1) is 18.8 Å². The number of carboxylic acids is 1. The van der Waals surface area contributed by atoms with Gasteiger partial charge in [0.25, 0.3) is 0 Å². The van der Waals surface area contributed by atoms with Crippen LogP contribution in [0.15, 0.2) is 0 Å². The normalized spacial score (nSPS) is 25.2. The number of carboxylic acid groups (broad SMARTS) is 1. The van der Waals surface area contributed by atoms with Crippen molar-refractivity contribution in [3.8, 4) is 0 Å². The van der Waals surface area contributed by atoms with Gasteiger partial charge < -0.3 is 20.1 Å². The van der Waals surface area contributed by atoms with Crippen molar-refractivity contribution in [2.75, 3.05) is 19.7 Å². The van der Waals surface area contributed by atoms with Gasteiger partial charge >= 0.3 is 12.0 Å². The first-order valence-corrected chi connectivity index (χ1v) is 8.06. The second-order valence-electron chi connectivity index (χ2n) is 5.89. The van der Waals surface area contributed by atoms with Crippen molar-refractivity contribution in [3.63, 3.8) is 0 Å². The van der Waals surface area contributed by atoms with Crippen molar-refractivity contribution in [2.24, 2.45) is 0 Å². The van der Waals surface area contributed by atoms with Gasteiger partial charge in [-0.25, -0.2) is 4.79 Å². The molecule has 6 nitrogen and oxygen atoms in total. The molecule has 6 heteroatoms. The highest BCUT2D eigenvalue weighted by molar-refractivity contribution is 5.74. The van der Waals surface area contributed by atoms with E-state index in [9.17, 15) is 9.59 Å². The van der Waals surface area contributed by atoms with E-state index in [0.29, 0.717) is 26.1 Å². The lowest BCUT2D eigenvalue weighted by molar-refractivity contribution is -0.137. The van der Waals surface area contributed by atoms with E-state index in [2.05, 4.69) is 5.32 Å². The Morgan fingerprint density at radius 2 is 2.00 bits per heavy atom. The highest BCUT2D eigenvalue weighted by Gasteiger charge is 2.36. The topological polar surface area (TPSA) is 78.9 Å². The SMILES string of the molecule is O=C(O)CCCCCNC(=O)N1CCOC2CCCCC21. The molecule has 2 amide bonds. The predicted molar refractivity (Wildman–Crippen MR) is 78.2 cm³/mol. The van der Waals surface area contributed by atoms with E-state index in [4.69, 9.17) is 9.84 Å². The molecule has 0 aromatic rings. The molecule has 1 saturated carbocycles. The Bertz CT molecular complexity index is 360. The molecule has 120 valence electrons. The standard InChI is InChI=1S/C15H26N2O4/c18-14(19)8-2-1-5-9-16-15(20)17-10-11-21-13-7-4-3-6-12(13)17/h12-13H,1-11H2,(H,16,20)(H,18,19). The van der Waals surface area contributed by atoms with Crippen LogP contribution in [0.25, 0.3) is 0 Å². The maximum Gasteiger partial charge on any atom is 0.317 e. The zero-order valence-electron chi connectivity index (χ0n) is 12.6. The fraction of sp³-hybridized carbons (Fsp3) is 0.867. The number of unbranched alkanes of at least 4 members (excludes halogenated alkanes) is 2. The maximum atomic E-state index is 12.3. The molecule has 0 bridgehead atoms. The predicted octanol–water partition coefficient (Wildman–Crippen LogP) is 1.98. The molecular formula is C15H26N2O4. The lowest BCUT2D eigenvalue weighted by Gasteiger charge is -2.43. The molecule has 0 aromatic carbocycles. The second-order valence-corrected chi connectivity index (χ2v) is 5.89. The first-order chi connectivity index (χ1) is 10.2. The number of rotatable bonds is 6. The number of fused-ring (bicyclic) bond motifs is 1. The molecular weight excluding hydrogens is 272 g/mol. The van der Waals surface area contributed by atoms with Crippen molar-refractivity contribution >= 4 is 12.0 Å². The lowest BCUT2D eigenvalue weighted by atomic mass is 9.90. The van der Waals surface area contributed by atoms with E-state index in [1.54, 1.807) is 0 Å². The van der Waals surface area contributed by atoms with E-state index >= 15 is 0 Å². The number of nitrogens with zero attached hydrogens (tertiary/aromatic N) is 1. The van der Waals surface area contributed by atoms with E-state index in [-0.39, 0.29) is 24.6 Å². The molecule has 21 heavy (non-hydrogen) atoms. The third-order valence-electron chi connectivity index (χ3n) is 4.34. The van der Waals surface area contributed by atoms with Gasteiger partial charge in [0.1, 0.15) is 0 Å². The van der Waals surface area contributed by atoms with Gasteiger partial charge in [-0.1, -0.05) is 19.3 Å². The molecule has 0 radical (unpaired) electrons. The number of hydrogen-bond donors (Lipinski definition) is 2. The van der Waals surface area contributed by atoms with Crippen LogP contribution in [0.3, 0.4) is 0 Å². The van der Waals surface area contributed by atoms with Crippen LogP contribution in [0.4, 0.5) is 4.79 Å². The molecule has 2 unspecified atom stereocenters. The number of hydrogen-bond acceptors (Lipinski definition) is 3. The smallest absolute Gasteiger partial charge is 0.317 e. The summed E-state index contributed by atoms with van der Waals surface area (Å²) >= 11 is 0. The van der Waals surface area contributed by atoms with E-state index in [1.807, 2.05) is 4.90 Å². The van der Waals surface area contributed by atoms with E-state index in [1.165, 1.54) is 12.8 Å². The summed E-state index contributed by atoms with van der Waals surface area (Å²) in [7, 11) is 0. The van der Waals surface area contributed by atoms with Crippen LogP contribution in [0.1, 0.15) is 51.4 Å². The fourth-order valence-corrected chi connectivity index (χ4v) is 3.22. The summed E-state index contributed by atoms with van der Waals surface area (Å²) in [6.07, 6.45) is 7.23. The Morgan fingerprint density at radius 3 is 2.81 bits per heavy atom. The van der Waals surface area contributed by atoms with E-state index < -0.39 is 5.97 Å². The summed E-state index contributed by atoms with van der Waals surface area (Å²) in [5.74, 6) is -0.754. The summed E-state index contributed by atoms with van der Waals surface area (Å²) in [6.45, 7) is 1.92. The molecule has 2 fully saturated rings. The minimum Gasteiger partial charge on any atom is -0.481 e. The van der Waals surface area contributed by atoms with Crippen LogP contribution in [0, 0.1) is 0 Å². The minimum atomic E-state index is -0.754. The zero-order valence-corrected chi connectivity index (χ0v) is 12.6. The Morgan fingerprint density at radius 1 is 1.19 bits per heavy atom. The third kappa shape index (κ3) is 4.88. The monoisotopic (exact) mass is 298 g/mol. The number of carbonyl (C=O) groups excluding carboxylic acids is 1. The number of morpholine rings is 1. The number of aliphatic carboxylic acids is 1. The van der Waals surface area contributed by atoms with Gasteiger partial charge in [0.2, 0.25) is 0 Å². The van der Waals surface area contributed by atoms with Gasteiger partial charge in [0, 0.05) is 19.5 Å². The van der Waals surface area contributed by atoms with Gasteiger partial charge in [0.15, 0.2) is 0 Å². The Labute approximate surface area is 125 Å². The molecule has 1 aliphatic carbocycles. The third-order valence-corrected chi connectivity index (χ3v) is 4.34. The molecule has 2 rings (SSSR count). The minimum absolute atomic E-state index is 0.00781. The molecule has 1 saturated heterocycles. The van der Waals surface area contributed by atoms with Crippen molar-refractivity contribution in [1.29, 1.82) is 0 Å². The average Bonchev–Trinajstić information content (AvgIpc) is 2.49. The van der Waals surface area contributed by atoms with Crippen LogP contribution in [-0.4, -0.2) is 53.8 Å². The molecule has 0 spiro atoms. The van der Waals surface area contributed by atoms with Crippen LogP contribution < -0.4 is 5.32 Å². The quantitative estimate of drug-likeness (QED) is 0.735. The van der Waals surface area contributed by atoms with Crippen LogP contribution in [0.2, 0.25) is 0 Å². The molecule has 2 aliphatic rings. The van der Waals surface area contributed by atoms with Crippen molar-refractivity contribution in [1.82, 2.24) is 10.2 Å². The maximum absolute atomic E-state index is 12.3. The van der Waals surface area contributed by atoms with Gasteiger partial charge in [-0.2, -0.15) is 0 Å². The average molecular weight is 298 g/mol. The first kappa shape index (κ1) is 16.1. The summed E-state index contributed by atoms with van der Waals surface area (Å²) < 4.78 is 5.77. The Balaban J connectivity index is 1.66. The number of carbonyl (C=O) groups is 2. The Hall–Kier alpha value is -1.30. The largest absolute Gasteiger partial charge is 0.481 e. The van der Waals surface area contributed by atoms with Gasteiger partial charge in [-0.15, -0.1) is 0 Å².